The number of aldehydes is 1. The van der Waals surface area contributed by atoms with E-state index in [9.17, 15) is 14.4 Å². The second-order valence-electron chi connectivity index (χ2n) is 10.3. The molecule has 0 radical (unpaired) electrons. The van der Waals surface area contributed by atoms with E-state index in [-0.39, 0.29) is 29.2 Å². The number of hydrogen-bond acceptors (Lipinski definition) is 10. The number of carbonyl (C=O) groups is 3. The number of aromatic nitrogens is 2. The highest BCUT2D eigenvalue weighted by molar-refractivity contribution is 5.96. The predicted octanol–water partition coefficient (Wildman–Crippen LogP) is 3.90. The number of methoxy groups -OCH3 is 1. The van der Waals surface area contributed by atoms with Gasteiger partial charge in [0.25, 0.3) is 5.91 Å². The third-order valence-electron chi connectivity index (χ3n) is 6.61. The van der Waals surface area contributed by atoms with Crippen LogP contribution < -0.4 is 26.4 Å². The maximum Gasteiger partial charge on any atom is 0.253 e. The molecule has 0 atom stereocenters. The highest BCUT2D eigenvalue weighted by Crippen LogP contribution is 2.38. The Morgan fingerprint density at radius 1 is 1.11 bits per heavy atom. The zero-order valence-corrected chi connectivity index (χ0v) is 26.0. The molecule has 0 bridgehead atoms. The smallest absolute Gasteiger partial charge is 0.253 e. The summed E-state index contributed by atoms with van der Waals surface area (Å²) in [6.07, 6.45) is 3.95. The summed E-state index contributed by atoms with van der Waals surface area (Å²) >= 11 is 0. The summed E-state index contributed by atoms with van der Waals surface area (Å²) in [6.45, 7) is 2.11. The molecule has 5 N–H and O–H groups in total. The number of ether oxygens (including phenoxy) is 1. The molecule has 232 valence electrons. The number of rotatable bonds is 11. The number of aliphatic imine (C=N–C) groups is 1. The van der Waals surface area contributed by atoms with Gasteiger partial charge in [-0.3, -0.25) is 19.4 Å². The fourth-order valence-corrected chi connectivity index (χ4v) is 4.21. The van der Waals surface area contributed by atoms with Crippen LogP contribution in [0.4, 0.5) is 17.2 Å². The Balaban J connectivity index is 0.00000169. The number of para-hydroxylation sites is 1. The second-order valence-corrected chi connectivity index (χ2v) is 10.3. The van der Waals surface area contributed by atoms with Crippen LogP contribution in [-0.2, 0) is 4.79 Å². The van der Waals surface area contributed by atoms with E-state index in [1.54, 1.807) is 63.5 Å². The summed E-state index contributed by atoms with van der Waals surface area (Å²) in [5.74, 6) is 0.503. The Labute approximate surface area is 257 Å². The lowest BCUT2D eigenvalue weighted by atomic mass is 10.0. The first kappa shape index (κ1) is 33.4. The van der Waals surface area contributed by atoms with Gasteiger partial charge in [0.1, 0.15) is 11.4 Å². The minimum absolute atomic E-state index is 0.00206. The molecule has 0 unspecified atom stereocenters. The second kappa shape index (κ2) is 15.9. The van der Waals surface area contributed by atoms with Gasteiger partial charge in [0.2, 0.25) is 5.91 Å². The Kier molecular flexibility index (Phi) is 12.1. The Hall–Kier alpha value is -5.10. The predicted molar refractivity (Wildman–Crippen MR) is 174 cm³/mol. The lowest BCUT2D eigenvalue weighted by Crippen LogP contribution is -2.30. The number of likely N-dealkylation sites (N-methyl/N-ethyl adjacent to an activating group) is 1. The summed E-state index contributed by atoms with van der Waals surface area (Å²) < 4.78 is 5.76. The molecule has 1 fully saturated rings. The average molecular weight is 601 g/mol. The number of nitrogens with zero attached hydrogens (tertiary/aromatic N) is 4. The molecule has 2 aromatic carbocycles. The van der Waals surface area contributed by atoms with Crippen molar-refractivity contribution in [2.24, 2.45) is 16.6 Å². The van der Waals surface area contributed by atoms with Crippen molar-refractivity contribution in [3.05, 3.63) is 71.1 Å². The number of anilines is 3. The first-order valence-electron chi connectivity index (χ1n) is 14.1. The molecule has 1 saturated carbocycles. The fraction of sp³-hybridized carbons (Fsp3) is 0.312. The van der Waals surface area contributed by atoms with Gasteiger partial charge in [0.15, 0.2) is 12.1 Å². The topological polar surface area (TPSA) is 164 Å². The molecule has 1 aromatic heterocycles. The summed E-state index contributed by atoms with van der Waals surface area (Å²) in [6, 6.07) is 14.3. The number of hydrogen-bond donors (Lipinski definition) is 4. The van der Waals surface area contributed by atoms with Crippen molar-refractivity contribution >= 4 is 41.5 Å². The zero-order chi connectivity index (χ0) is 32.2. The van der Waals surface area contributed by atoms with Crippen LogP contribution in [0.3, 0.4) is 0 Å². The van der Waals surface area contributed by atoms with E-state index >= 15 is 0 Å². The minimum Gasteiger partial charge on any atom is -0.494 e. The maximum atomic E-state index is 13.0. The van der Waals surface area contributed by atoms with Crippen LogP contribution in [-0.4, -0.2) is 81.3 Å². The number of benzene rings is 2. The molecule has 0 spiro atoms. The molecule has 2 amide bonds. The highest BCUT2D eigenvalue weighted by atomic mass is 16.5. The van der Waals surface area contributed by atoms with E-state index in [0.717, 1.165) is 29.5 Å². The zero-order valence-electron chi connectivity index (χ0n) is 26.0. The van der Waals surface area contributed by atoms with Gasteiger partial charge in [-0.2, -0.15) is 0 Å². The molecule has 1 aliphatic carbocycles. The third-order valence-corrected chi connectivity index (χ3v) is 6.61. The number of nitrogens with one attached hydrogen (secondary N) is 3. The van der Waals surface area contributed by atoms with Crippen molar-refractivity contribution in [2.75, 3.05) is 52.5 Å². The largest absolute Gasteiger partial charge is 0.494 e. The van der Waals surface area contributed by atoms with Gasteiger partial charge in [0.05, 0.1) is 18.5 Å². The number of allylic oxidation sites excluding steroid dienone is 1. The molecular formula is C32H40N8O4. The van der Waals surface area contributed by atoms with Crippen LogP contribution in [0.15, 0.2) is 64.8 Å². The van der Waals surface area contributed by atoms with Gasteiger partial charge in [-0.25, -0.2) is 0 Å². The van der Waals surface area contributed by atoms with Gasteiger partial charge in [-0.15, -0.1) is 10.2 Å². The fourth-order valence-electron chi connectivity index (χ4n) is 4.21. The average Bonchev–Trinajstić information content (AvgIpc) is 3.87. The number of nitrogens with two attached hydrogens (primary N) is 1. The lowest BCUT2D eigenvalue weighted by molar-refractivity contribution is -0.117. The summed E-state index contributed by atoms with van der Waals surface area (Å²) in [5, 5.41) is 16.6. The molecular weight excluding hydrogens is 560 g/mol. The van der Waals surface area contributed by atoms with E-state index in [0.29, 0.717) is 41.2 Å². The van der Waals surface area contributed by atoms with Crippen molar-refractivity contribution in [3.8, 4) is 16.9 Å². The molecule has 4 rings (SSSR count). The molecule has 1 heterocycles. The Bertz CT molecular complexity index is 1530. The summed E-state index contributed by atoms with van der Waals surface area (Å²) in [5.41, 5.74) is 10.5. The maximum absolute atomic E-state index is 13.0. The van der Waals surface area contributed by atoms with Gasteiger partial charge in [-0.05, 0) is 57.6 Å². The normalized spacial score (nSPS) is 12.9. The van der Waals surface area contributed by atoms with Gasteiger partial charge in [0, 0.05) is 61.2 Å². The molecule has 12 heteroatoms. The molecule has 3 aromatic rings. The molecule has 44 heavy (non-hydrogen) atoms. The Morgan fingerprint density at radius 2 is 1.80 bits per heavy atom. The third kappa shape index (κ3) is 8.71. The molecule has 1 aliphatic rings. The van der Waals surface area contributed by atoms with Gasteiger partial charge >= 0.3 is 0 Å². The Morgan fingerprint density at radius 3 is 2.36 bits per heavy atom. The van der Waals surface area contributed by atoms with Crippen molar-refractivity contribution in [2.45, 2.75) is 19.8 Å². The highest BCUT2D eigenvalue weighted by Gasteiger charge is 2.30. The van der Waals surface area contributed by atoms with Crippen LogP contribution in [0.5, 0.6) is 5.75 Å². The van der Waals surface area contributed by atoms with Crippen LogP contribution in [0, 0.1) is 5.92 Å². The molecule has 12 nitrogen and oxygen atoms in total. The van der Waals surface area contributed by atoms with E-state index in [4.69, 9.17) is 10.5 Å². The number of amides is 2. The quantitative estimate of drug-likeness (QED) is 0.189. The standard InChI is InChI=1S/C30H33N7O4.C2H7N/c1-18(31)22(15-32-2)16-37(3)30(40)21-12-8-19(9-13-21)23-6-5-7-24(28(23)41-4)33-25-14-27(36-35-26(25)17-38)34-29(39)20-10-11-20;1-3-2/h5-9,12-15,17,20H,10-11,16,31H2,1-4H3,(H2,33,34,36,39);3H,1-2H3/b22-18+,32-15?;. The first-order valence-corrected chi connectivity index (χ1v) is 14.1. The van der Waals surface area contributed by atoms with Crippen molar-refractivity contribution in [3.63, 3.8) is 0 Å². The van der Waals surface area contributed by atoms with Crippen molar-refractivity contribution < 1.29 is 19.1 Å². The minimum atomic E-state index is -0.154. The number of carbonyl (C=O) groups excluding carboxylic acids is 3. The van der Waals surface area contributed by atoms with E-state index < -0.39 is 0 Å². The van der Waals surface area contributed by atoms with Crippen LogP contribution in [0.25, 0.3) is 11.1 Å². The van der Waals surface area contributed by atoms with Crippen LogP contribution in [0.1, 0.15) is 40.6 Å². The molecule has 0 aliphatic heterocycles. The first-order chi connectivity index (χ1) is 21.2. The van der Waals surface area contributed by atoms with Gasteiger partial charge in [-0.1, -0.05) is 24.3 Å². The SMILES string of the molecule is CN=C/C(CN(C)C(=O)c1ccc(-c2cccc(Nc3cc(NC(=O)C4CC4)nnc3C=O)c2OC)cc1)=C(/C)N.CNC. The van der Waals surface area contributed by atoms with E-state index in [1.807, 2.05) is 38.4 Å². The lowest BCUT2D eigenvalue weighted by Gasteiger charge is -2.19. The summed E-state index contributed by atoms with van der Waals surface area (Å²) in [7, 11) is 8.67. The van der Waals surface area contributed by atoms with Gasteiger partial charge < -0.3 is 31.3 Å². The van der Waals surface area contributed by atoms with Crippen LogP contribution in [0.2, 0.25) is 0 Å². The monoisotopic (exact) mass is 600 g/mol. The van der Waals surface area contributed by atoms with Crippen molar-refractivity contribution in [1.82, 2.24) is 20.4 Å². The summed E-state index contributed by atoms with van der Waals surface area (Å²) in [4.78, 5) is 42.5. The van der Waals surface area contributed by atoms with E-state index in [1.165, 1.54) is 0 Å². The van der Waals surface area contributed by atoms with E-state index in [2.05, 4.69) is 31.1 Å². The molecule has 0 saturated heterocycles. The van der Waals surface area contributed by atoms with Crippen LogP contribution >= 0.6 is 0 Å². The van der Waals surface area contributed by atoms with Crippen molar-refractivity contribution in [1.29, 1.82) is 0 Å².